The maximum absolute atomic E-state index is 12.8. The number of hydrogen-bond donors (Lipinski definition) is 2. The summed E-state index contributed by atoms with van der Waals surface area (Å²) < 4.78 is 16.0. The van der Waals surface area contributed by atoms with E-state index >= 15 is 0 Å². The largest absolute Gasteiger partial charge is 0.383 e. The lowest BCUT2D eigenvalue weighted by molar-refractivity contribution is -0.125. The van der Waals surface area contributed by atoms with Crippen molar-refractivity contribution < 1.29 is 33.4 Å². The van der Waals surface area contributed by atoms with E-state index in [2.05, 4.69) is 5.32 Å². The Balaban J connectivity index is 1.77. The van der Waals surface area contributed by atoms with Gasteiger partial charge in [-0.25, -0.2) is 0 Å². The average Bonchev–Trinajstić information content (AvgIpc) is 3.03. The quantitative estimate of drug-likeness (QED) is 0.219. The van der Waals surface area contributed by atoms with Gasteiger partial charge in [-0.2, -0.15) is 0 Å². The van der Waals surface area contributed by atoms with E-state index in [-0.39, 0.29) is 18.7 Å². The SMILES string of the molecule is CCOCCOCCOCCNc1ccc2c(c1)C(=O)N(C(C)CCC(=O)NC=O)C2=O. The van der Waals surface area contributed by atoms with Crippen LogP contribution in [0.5, 0.6) is 0 Å². The number of nitrogens with zero attached hydrogens (tertiary/aromatic N) is 1. The fraction of sp³-hybridized carbons (Fsp3) is 0.545. The van der Waals surface area contributed by atoms with Crippen molar-refractivity contribution in [3.8, 4) is 0 Å². The summed E-state index contributed by atoms with van der Waals surface area (Å²) >= 11 is 0. The van der Waals surface area contributed by atoms with Gasteiger partial charge in [-0.05, 0) is 38.5 Å². The van der Waals surface area contributed by atoms with E-state index in [4.69, 9.17) is 14.2 Å². The van der Waals surface area contributed by atoms with E-state index in [1.807, 2.05) is 12.2 Å². The number of imide groups is 2. The monoisotopic (exact) mass is 449 g/mol. The number of carbonyl (C=O) groups excluding carboxylic acids is 4. The zero-order chi connectivity index (χ0) is 23.3. The Labute approximate surface area is 187 Å². The van der Waals surface area contributed by atoms with Crippen LogP contribution in [0.3, 0.4) is 0 Å². The Morgan fingerprint density at radius 1 is 1.03 bits per heavy atom. The number of benzene rings is 1. The van der Waals surface area contributed by atoms with Gasteiger partial charge in [-0.15, -0.1) is 0 Å². The summed E-state index contributed by atoms with van der Waals surface area (Å²) in [6.45, 7) is 7.39. The number of hydrogen-bond acceptors (Lipinski definition) is 8. The molecule has 1 atom stereocenters. The van der Waals surface area contributed by atoms with Gasteiger partial charge in [-0.3, -0.25) is 29.4 Å². The first-order chi connectivity index (χ1) is 15.5. The molecule has 1 heterocycles. The van der Waals surface area contributed by atoms with Crippen molar-refractivity contribution in [2.45, 2.75) is 32.7 Å². The Morgan fingerprint density at radius 3 is 2.38 bits per heavy atom. The van der Waals surface area contributed by atoms with Crippen molar-refractivity contribution in [1.82, 2.24) is 10.2 Å². The van der Waals surface area contributed by atoms with Gasteiger partial charge >= 0.3 is 0 Å². The van der Waals surface area contributed by atoms with Crippen molar-refractivity contribution in [2.75, 3.05) is 51.5 Å². The molecule has 1 aliphatic heterocycles. The Morgan fingerprint density at radius 2 is 1.69 bits per heavy atom. The van der Waals surface area contributed by atoms with E-state index < -0.39 is 17.9 Å². The van der Waals surface area contributed by atoms with E-state index in [0.29, 0.717) is 69.4 Å². The first kappa shape index (κ1) is 25.4. The van der Waals surface area contributed by atoms with Gasteiger partial charge in [0.25, 0.3) is 11.8 Å². The molecule has 0 bridgehead atoms. The molecular weight excluding hydrogens is 418 g/mol. The van der Waals surface area contributed by atoms with Gasteiger partial charge in [-0.1, -0.05) is 0 Å². The van der Waals surface area contributed by atoms with E-state index in [1.54, 1.807) is 25.1 Å². The summed E-state index contributed by atoms with van der Waals surface area (Å²) in [6.07, 6.45) is 0.618. The van der Waals surface area contributed by atoms with Crippen LogP contribution >= 0.6 is 0 Å². The van der Waals surface area contributed by atoms with Gasteiger partial charge in [0.1, 0.15) is 0 Å². The van der Waals surface area contributed by atoms with E-state index in [1.165, 1.54) is 0 Å². The smallest absolute Gasteiger partial charge is 0.261 e. The molecule has 10 nitrogen and oxygen atoms in total. The predicted octanol–water partition coefficient (Wildman–Crippen LogP) is 1.21. The lowest BCUT2D eigenvalue weighted by atomic mass is 10.1. The molecule has 176 valence electrons. The third kappa shape index (κ3) is 7.40. The molecule has 2 N–H and O–H groups in total. The predicted molar refractivity (Wildman–Crippen MR) is 116 cm³/mol. The lowest BCUT2D eigenvalue weighted by Gasteiger charge is -2.22. The number of anilines is 1. The first-order valence-corrected chi connectivity index (χ1v) is 10.7. The number of rotatable bonds is 16. The zero-order valence-electron chi connectivity index (χ0n) is 18.6. The molecule has 4 amide bonds. The van der Waals surface area contributed by atoms with Gasteiger partial charge in [0.15, 0.2) is 0 Å². The highest BCUT2D eigenvalue weighted by molar-refractivity contribution is 6.22. The molecule has 1 unspecified atom stereocenters. The van der Waals surface area contributed by atoms with Crippen LogP contribution in [0.25, 0.3) is 0 Å². The highest BCUT2D eigenvalue weighted by Gasteiger charge is 2.38. The van der Waals surface area contributed by atoms with Crippen LogP contribution in [0, 0.1) is 0 Å². The summed E-state index contributed by atoms with van der Waals surface area (Å²) in [5.41, 5.74) is 1.37. The number of ether oxygens (including phenoxy) is 3. The molecule has 10 heteroatoms. The van der Waals surface area contributed by atoms with Gasteiger partial charge in [0, 0.05) is 31.3 Å². The third-order valence-corrected chi connectivity index (χ3v) is 4.89. The molecule has 0 spiro atoms. The fourth-order valence-electron chi connectivity index (χ4n) is 3.23. The minimum atomic E-state index is -0.472. The minimum Gasteiger partial charge on any atom is -0.383 e. The standard InChI is InChI=1S/C22H31N3O7/c1-3-30-10-11-32-13-12-31-9-8-23-17-5-6-18-19(14-17)22(29)25(21(18)28)16(2)4-7-20(27)24-15-26/h5-6,14-16,23H,3-4,7-13H2,1-2H3,(H,24,26,27). The topological polar surface area (TPSA) is 123 Å². The molecule has 1 aliphatic rings. The van der Waals surface area contributed by atoms with Crippen LogP contribution < -0.4 is 10.6 Å². The van der Waals surface area contributed by atoms with Crippen LogP contribution in [0.1, 0.15) is 47.4 Å². The number of carbonyl (C=O) groups is 4. The van der Waals surface area contributed by atoms with Crippen LogP contribution in [-0.4, -0.2) is 81.3 Å². The number of amides is 4. The van der Waals surface area contributed by atoms with E-state index in [9.17, 15) is 19.2 Å². The summed E-state index contributed by atoms with van der Waals surface area (Å²) in [6, 6.07) is 4.54. The molecule has 0 saturated carbocycles. The van der Waals surface area contributed by atoms with Gasteiger partial charge in [0.05, 0.1) is 44.2 Å². The van der Waals surface area contributed by atoms with Crippen LogP contribution in [0.2, 0.25) is 0 Å². The Kier molecular flexibility index (Phi) is 10.8. The molecule has 0 fully saturated rings. The summed E-state index contributed by atoms with van der Waals surface area (Å²) in [4.78, 5) is 48.4. The molecule has 1 aromatic rings. The lowest BCUT2D eigenvalue weighted by Crippen LogP contribution is -2.38. The van der Waals surface area contributed by atoms with Gasteiger partial charge in [0.2, 0.25) is 12.3 Å². The zero-order valence-corrected chi connectivity index (χ0v) is 18.6. The second kappa shape index (κ2) is 13.6. The second-order valence-electron chi connectivity index (χ2n) is 7.16. The normalized spacial score (nSPS) is 13.8. The highest BCUT2D eigenvalue weighted by Crippen LogP contribution is 2.28. The summed E-state index contributed by atoms with van der Waals surface area (Å²) in [5.74, 6) is -1.22. The highest BCUT2D eigenvalue weighted by atomic mass is 16.5. The third-order valence-electron chi connectivity index (χ3n) is 4.89. The minimum absolute atomic E-state index is 0.0394. The maximum atomic E-state index is 12.8. The molecule has 0 aromatic heterocycles. The second-order valence-corrected chi connectivity index (χ2v) is 7.16. The Hall–Kier alpha value is -2.82. The molecule has 0 saturated heterocycles. The van der Waals surface area contributed by atoms with Crippen molar-refractivity contribution in [2.24, 2.45) is 0 Å². The van der Waals surface area contributed by atoms with E-state index in [0.717, 1.165) is 4.90 Å². The number of fused-ring (bicyclic) bond motifs is 1. The molecule has 0 aliphatic carbocycles. The van der Waals surface area contributed by atoms with Crippen LogP contribution in [0.15, 0.2) is 18.2 Å². The van der Waals surface area contributed by atoms with Crippen molar-refractivity contribution in [3.05, 3.63) is 29.3 Å². The summed E-state index contributed by atoms with van der Waals surface area (Å²) in [7, 11) is 0. The Bertz CT molecular complexity index is 800. The van der Waals surface area contributed by atoms with Crippen LogP contribution in [-0.2, 0) is 23.8 Å². The van der Waals surface area contributed by atoms with Crippen molar-refractivity contribution in [3.63, 3.8) is 0 Å². The molecular formula is C22H31N3O7. The fourth-order valence-corrected chi connectivity index (χ4v) is 3.23. The van der Waals surface area contributed by atoms with Crippen molar-refractivity contribution >= 4 is 29.8 Å². The molecule has 1 aromatic carbocycles. The summed E-state index contributed by atoms with van der Waals surface area (Å²) in [5, 5.41) is 5.22. The van der Waals surface area contributed by atoms with Crippen LogP contribution in [0.4, 0.5) is 5.69 Å². The molecule has 32 heavy (non-hydrogen) atoms. The average molecular weight is 450 g/mol. The number of nitrogens with one attached hydrogen (secondary N) is 2. The first-order valence-electron chi connectivity index (χ1n) is 10.7. The maximum Gasteiger partial charge on any atom is 0.261 e. The van der Waals surface area contributed by atoms with Crippen molar-refractivity contribution in [1.29, 1.82) is 0 Å². The molecule has 2 rings (SSSR count). The molecule has 0 radical (unpaired) electrons. The van der Waals surface area contributed by atoms with Gasteiger partial charge < -0.3 is 19.5 Å².